The number of allylic oxidation sites excluding steroid dienone is 1. The number of aliphatic hydroxyl groups is 4. The number of amides is 1. The summed E-state index contributed by atoms with van der Waals surface area (Å²) in [6.45, 7) is 3.36. The van der Waals surface area contributed by atoms with Crippen molar-refractivity contribution in [1.29, 1.82) is 0 Å². The molecular formula is C40H77NO11S. The van der Waals surface area contributed by atoms with Gasteiger partial charge < -0.3 is 35.2 Å². The van der Waals surface area contributed by atoms with Crippen LogP contribution in [0.15, 0.2) is 12.2 Å². The molecule has 1 aliphatic rings. The predicted octanol–water partition coefficient (Wildman–Crippen LogP) is 7.21. The van der Waals surface area contributed by atoms with Gasteiger partial charge in [0.2, 0.25) is 5.91 Å². The standard InChI is InChI=1S/C40H77NO11S/c1-3-5-7-9-11-13-15-17-19-21-23-25-27-29-34(43)33(32-50-40-38(46)39(52-53(47,48)49)37(45)35(31-42)51-40)41-36(44)30-28-26-24-22-20-18-16-14-12-10-8-6-4-2/h27,29,33-35,37-40,42-43,45-46H,3-26,28,30-32H2,1-2H3,(H,41,44)(H,47,48,49)/b29-27+. The summed E-state index contributed by atoms with van der Waals surface area (Å²) in [5.74, 6) is -0.263. The van der Waals surface area contributed by atoms with Crippen molar-refractivity contribution in [2.24, 2.45) is 0 Å². The summed E-state index contributed by atoms with van der Waals surface area (Å²) in [4.78, 5) is 13.0. The molecule has 0 radical (unpaired) electrons. The maximum absolute atomic E-state index is 13.0. The van der Waals surface area contributed by atoms with Gasteiger partial charge in [-0.2, -0.15) is 8.42 Å². The van der Waals surface area contributed by atoms with Crippen molar-refractivity contribution < 1.29 is 51.8 Å². The highest BCUT2D eigenvalue weighted by Gasteiger charge is 2.48. The molecule has 0 aromatic rings. The van der Waals surface area contributed by atoms with Crippen LogP contribution in [-0.4, -0.2) is 95.4 Å². The quantitative estimate of drug-likeness (QED) is 0.0216. The van der Waals surface area contributed by atoms with E-state index < -0.39 is 59.9 Å². The summed E-state index contributed by atoms with van der Waals surface area (Å²) < 4.78 is 47.4. The maximum Gasteiger partial charge on any atom is 0.397 e. The average molecular weight is 780 g/mol. The second kappa shape index (κ2) is 32.0. The number of rotatable bonds is 35. The summed E-state index contributed by atoms with van der Waals surface area (Å²) >= 11 is 0. The lowest BCUT2D eigenvalue weighted by atomic mass is 9.99. The fourth-order valence-electron chi connectivity index (χ4n) is 6.75. The minimum atomic E-state index is -5.08. The molecule has 0 spiro atoms. The Labute approximate surface area is 321 Å². The molecule has 13 heteroatoms. The second-order valence-electron chi connectivity index (χ2n) is 14.9. The Morgan fingerprint density at radius 3 is 1.64 bits per heavy atom. The van der Waals surface area contributed by atoms with Crippen LogP contribution in [0.5, 0.6) is 0 Å². The molecule has 1 aliphatic heterocycles. The van der Waals surface area contributed by atoms with E-state index in [1.54, 1.807) is 6.08 Å². The van der Waals surface area contributed by atoms with E-state index in [1.807, 2.05) is 6.08 Å². The highest BCUT2D eigenvalue weighted by atomic mass is 32.3. The van der Waals surface area contributed by atoms with Gasteiger partial charge in [0.25, 0.3) is 0 Å². The van der Waals surface area contributed by atoms with Gasteiger partial charge in [-0.1, -0.05) is 167 Å². The van der Waals surface area contributed by atoms with Crippen LogP contribution in [0.4, 0.5) is 0 Å². The third-order valence-electron chi connectivity index (χ3n) is 10.1. The van der Waals surface area contributed by atoms with Gasteiger partial charge in [0.15, 0.2) is 6.29 Å². The number of carbonyl (C=O) groups excluding carboxylic acids is 1. The molecule has 0 aromatic heterocycles. The molecule has 6 N–H and O–H groups in total. The molecule has 1 saturated heterocycles. The van der Waals surface area contributed by atoms with Gasteiger partial charge in [0, 0.05) is 6.42 Å². The molecule has 1 amide bonds. The fraction of sp³-hybridized carbons (Fsp3) is 0.925. The minimum absolute atomic E-state index is 0.263. The SMILES string of the molecule is CCCCCCCCCCCCC/C=C/C(O)C(COC1OC(CO)C(O)C(OS(=O)(=O)O)C1O)NC(=O)CCCCCCCCCCCCCCC. The van der Waals surface area contributed by atoms with Crippen LogP contribution in [0.25, 0.3) is 0 Å². The zero-order chi connectivity index (χ0) is 39.2. The smallest absolute Gasteiger partial charge is 0.394 e. The van der Waals surface area contributed by atoms with E-state index >= 15 is 0 Å². The summed E-state index contributed by atoms with van der Waals surface area (Å²) in [7, 11) is -5.08. The Bertz CT molecular complexity index is 1010. The van der Waals surface area contributed by atoms with E-state index in [4.69, 9.17) is 14.0 Å². The van der Waals surface area contributed by atoms with Crippen molar-refractivity contribution in [3.05, 3.63) is 12.2 Å². The van der Waals surface area contributed by atoms with Crippen LogP contribution in [0.2, 0.25) is 0 Å². The van der Waals surface area contributed by atoms with E-state index in [1.165, 1.54) is 116 Å². The van der Waals surface area contributed by atoms with Crippen LogP contribution in [0.1, 0.15) is 181 Å². The largest absolute Gasteiger partial charge is 0.397 e. The molecule has 7 unspecified atom stereocenters. The molecule has 1 rings (SSSR count). The molecule has 1 fully saturated rings. The van der Waals surface area contributed by atoms with Crippen molar-refractivity contribution in [2.45, 2.75) is 224 Å². The molecule has 1 heterocycles. The molecule has 53 heavy (non-hydrogen) atoms. The Hall–Kier alpha value is -1.16. The molecule has 314 valence electrons. The Balaban J connectivity index is 2.59. The normalized spacial score (nSPS) is 22.0. The first-order valence-corrected chi connectivity index (χ1v) is 22.4. The number of hydrogen-bond donors (Lipinski definition) is 6. The average Bonchev–Trinajstić information content (AvgIpc) is 3.12. The summed E-state index contributed by atoms with van der Waals surface area (Å²) in [6, 6.07) is -0.936. The van der Waals surface area contributed by atoms with Crippen LogP contribution >= 0.6 is 0 Å². The second-order valence-corrected chi connectivity index (χ2v) is 16.0. The number of ether oxygens (including phenoxy) is 2. The number of nitrogens with one attached hydrogen (secondary N) is 1. The van der Waals surface area contributed by atoms with E-state index in [2.05, 4.69) is 23.3 Å². The van der Waals surface area contributed by atoms with Gasteiger partial charge in [0.05, 0.1) is 25.4 Å². The highest BCUT2D eigenvalue weighted by Crippen LogP contribution is 2.26. The molecular weight excluding hydrogens is 703 g/mol. The van der Waals surface area contributed by atoms with Gasteiger partial charge in [-0.25, -0.2) is 4.18 Å². The first-order valence-electron chi connectivity index (χ1n) is 21.1. The summed E-state index contributed by atoms with van der Waals surface area (Å²) in [6.07, 6.45) is 23.9. The van der Waals surface area contributed by atoms with E-state index in [0.717, 1.165) is 38.5 Å². The van der Waals surface area contributed by atoms with Gasteiger partial charge in [0.1, 0.15) is 24.4 Å². The highest BCUT2D eigenvalue weighted by molar-refractivity contribution is 7.80. The van der Waals surface area contributed by atoms with Crippen LogP contribution in [0, 0.1) is 0 Å². The molecule has 0 aromatic carbocycles. The lowest BCUT2D eigenvalue weighted by Crippen LogP contribution is -2.61. The van der Waals surface area contributed by atoms with Crippen molar-refractivity contribution in [1.82, 2.24) is 5.32 Å². The predicted molar refractivity (Wildman–Crippen MR) is 209 cm³/mol. The van der Waals surface area contributed by atoms with Crippen molar-refractivity contribution in [2.75, 3.05) is 13.2 Å². The lowest BCUT2D eigenvalue weighted by Gasteiger charge is -2.41. The van der Waals surface area contributed by atoms with Gasteiger partial charge in [-0.3, -0.25) is 9.35 Å². The number of hydrogen-bond acceptors (Lipinski definition) is 10. The Morgan fingerprint density at radius 2 is 1.19 bits per heavy atom. The van der Waals surface area contributed by atoms with E-state index in [0.29, 0.717) is 6.42 Å². The van der Waals surface area contributed by atoms with Gasteiger partial charge >= 0.3 is 10.4 Å². The van der Waals surface area contributed by atoms with Gasteiger partial charge in [-0.05, 0) is 19.3 Å². The zero-order valence-corrected chi connectivity index (χ0v) is 33.9. The number of aliphatic hydroxyl groups excluding tert-OH is 4. The Morgan fingerprint density at radius 1 is 0.736 bits per heavy atom. The number of carbonyl (C=O) groups is 1. The third kappa shape index (κ3) is 25.6. The molecule has 0 saturated carbocycles. The first kappa shape index (κ1) is 49.9. The minimum Gasteiger partial charge on any atom is -0.394 e. The first-order chi connectivity index (χ1) is 25.5. The van der Waals surface area contributed by atoms with Crippen molar-refractivity contribution >= 4 is 16.3 Å². The van der Waals surface area contributed by atoms with E-state index in [9.17, 15) is 33.6 Å². The van der Waals surface area contributed by atoms with Crippen molar-refractivity contribution in [3.8, 4) is 0 Å². The summed E-state index contributed by atoms with van der Waals surface area (Å²) in [5, 5.41) is 44.5. The summed E-state index contributed by atoms with van der Waals surface area (Å²) in [5.41, 5.74) is 0. The topological polar surface area (TPSA) is 192 Å². The van der Waals surface area contributed by atoms with Crippen LogP contribution in [-0.2, 0) is 28.9 Å². The van der Waals surface area contributed by atoms with E-state index in [-0.39, 0.29) is 18.9 Å². The Kier molecular flexibility index (Phi) is 30.1. The van der Waals surface area contributed by atoms with Crippen molar-refractivity contribution in [3.63, 3.8) is 0 Å². The molecule has 0 aliphatic carbocycles. The van der Waals surface area contributed by atoms with Gasteiger partial charge in [-0.15, -0.1) is 0 Å². The molecule has 7 atom stereocenters. The monoisotopic (exact) mass is 780 g/mol. The fourth-order valence-corrected chi connectivity index (χ4v) is 7.26. The van der Waals surface area contributed by atoms with Crippen LogP contribution < -0.4 is 5.32 Å². The molecule has 0 bridgehead atoms. The number of unbranched alkanes of at least 4 members (excludes halogenated alkanes) is 23. The molecule has 12 nitrogen and oxygen atoms in total. The lowest BCUT2D eigenvalue weighted by molar-refractivity contribution is -0.298. The third-order valence-corrected chi connectivity index (χ3v) is 10.5. The van der Waals surface area contributed by atoms with Crippen LogP contribution in [0.3, 0.4) is 0 Å². The zero-order valence-electron chi connectivity index (χ0n) is 33.1. The maximum atomic E-state index is 13.0.